The molecule has 0 saturated carbocycles. The lowest BCUT2D eigenvalue weighted by atomic mass is 10.1. The first-order valence-electron chi connectivity index (χ1n) is 8.85. The zero-order valence-electron chi connectivity index (χ0n) is 15.4. The summed E-state index contributed by atoms with van der Waals surface area (Å²) in [6, 6.07) is 12.7. The third-order valence-corrected chi connectivity index (χ3v) is 5.41. The van der Waals surface area contributed by atoms with Gasteiger partial charge in [0.25, 0.3) is 5.56 Å². The van der Waals surface area contributed by atoms with Crippen LogP contribution in [0, 0.1) is 0 Å². The molecule has 3 aromatic rings. The molecule has 0 radical (unpaired) electrons. The van der Waals surface area contributed by atoms with Crippen LogP contribution in [0.1, 0.15) is 12.5 Å². The molecule has 0 atom stereocenters. The van der Waals surface area contributed by atoms with Crippen LogP contribution >= 0.6 is 23.4 Å². The van der Waals surface area contributed by atoms with E-state index in [9.17, 15) is 9.59 Å². The van der Waals surface area contributed by atoms with Gasteiger partial charge in [-0.2, -0.15) is 0 Å². The van der Waals surface area contributed by atoms with Crippen LogP contribution in [-0.4, -0.2) is 21.2 Å². The Hall–Kier alpha value is -2.57. The number of rotatable bonds is 7. The molecule has 1 amide bonds. The third-order valence-electron chi connectivity index (χ3n) is 4.20. The molecular weight excluding hydrogens is 394 g/mol. The number of aryl methyl sites for hydroxylation is 1. The summed E-state index contributed by atoms with van der Waals surface area (Å²) in [5.74, 6) is -0.0118. The molecule has 1 heterocycles. The first-order valence-corrected chi connectivity index (χ1v) is 10.2. The van der Waals surface area contributed by atoms with Gasteiger partial charge in [0.2, 0.25) is 5.91 Å². The van der Waals surface area contributed by atoms with Crippen molar-refractivity contribution in [1.29, 1.82) is 0 Å². The molecule has 1 N–H and O–H groups in total. The number of anilines is 1. The van der Waals surface area contributed by atoms with E-state index in [0.717, 1.165) is 17.7 Å². The number of allylic oxidation sites excluding steroid dienone is 1. The predicted octanol–water partition coefficient (Wildman–Crippen LogP) is 4.53. The highest BCUT2D eigenvalue weighted by Gasteiger charge is 2.13. The maximum absolute atomic E-state index is 12.8. The zero-order chi connectivity index (χ0) is 20.1. The van der Waals surface area contributed by atoms with Crippen LogP contribution in [0.3, 0.4) is 0 Å². The summed E-state index contributed by atoms with van der Waals surface area (Å²) in [7, 11) is 0. The van der Waals surface area contributed by atoms with E-state index in [1.54, 1.807) is 24.3 Å². The van der Waals surface area contributed by atoms with E-state index < -0.39 is 0 Å². The van der Waals surface area contributed by atoms with Gasteiger partial charge < -0.3 is 5.32 Å². The topological polar surface area (TPSA) is 64.0 Å². The van der Waals surface area contributed by atoms with Crippen LogP contribution in [0.15, 0.2) is 65.1 Å². The molecule has 28 heavy (non-hydrogen) atoms. The van der Waals surface area contributed by atoms with Gasteiger partial charge in [-0.25, -0.2) is 4.98 Å². The maximum Gasteiger partial charge on any atom is 0.262 e. The fraction of sp³-hybridized carbons (Fsp3) is 0.190. The first kappa shape index (κ1) is 20.2. The van der Waals surface area contributed by atoms with E-state index in [-0.39, 0.29) is 17.2 Å². The average molecular weight is 414 g/mol. The molecule has 144 valence electrons. The molecule has 0 saturated heterocycles. The maximum atomic E-state index is 12.8. The molecule has 0 aliphatic rings. The second-order valence-corrected chi connectivity index (χ2v) is 7.49. The summed E-state index contributed by atoms with van der Waals surface area (Å²) in [6.45, 7) is 6.05. The Morgan fingerprint density at radius 2 is 2.11 bits per heavy atom. The minimum atomic E-state index is -0.202. The van der Waals surface area contributed by atoms with E-state index in [2.05, 4.69) is 16.9 Å². The van der Waals surface area contributed by atoms with Crippen molar-refractivity contribution in [1.82, 2.24) is 9.55 Å². The van der Waals surface area contributed by atoms with E-state index in [1.807, 2.05) is 31.2 Å². The second kappa shape index (κ2) is 9.08. The van der Waals surface area contributed by atoms with E-state index >= 15 is 0 Å². The predicted molar refractivity (Wildman–Crippen MR) is 116 cm³/mol. The third kappa shape index (κ3) is 4.46. The van der Waals surface area contributed by atoms with Gasteiger partial charge in [0.15, 0.2) is 5.16 Å². The lowest BCUT2D eigenvalue weighted by Gasteiger charge is -2.12. The number of nitrogens with one attached hydrogen (secondary N) is 1. The number of para-hydroxylation sites is 1. The van der Waals surface area contributed by atoms with Crippen LogP contribution in [0.4, 0.5) is 5.69 Å². The van der Waals surface area contributed by atoms with Crippen molar-refractivity contribution in [3.63, 3.8) is 0 Å². The van der Waals surface area contributed by atoms with Crippen LogP contribution in [0.2, 0.25) is 5.02 Å². The first-order chi connectivity index (χ1) is 13.5. The zero-order valence-corrected chi connectivity index (χ0v) is 17.0. The van der Waals surface area contributed by atoms with E-state index in [4.69, 9.17) is 11.6 Å². The summed E-state index contributed by atoms with van der Waals surface area (Å²) in [5.41, 5.74) is 2.23. The number of benzene rings is 2. The summed E-state index contributed by atoms with van der Waals surface area (Å²) < 4.78 is 1.50. The fourth-order valence-corrected chi connectivity index (χ4v) is 3.82. The molecule has 5 nitrogen and oxygen atoms in total. The number of carbonyl (C=O) groups excluding carboxylic acids is 1. The van der Waals surface area contributed by atoms with Gasteiger partial charge in [0, 0.05) is 17.3 Å². The van der Waals surface area contributed by atoms with Crippen molar-refractivity contribution in [3.8, 4) is 0 Å². The van der Waals surface area contributed by atoms with E-state index in [0.29, 0.717) is 27.6 Å². The van der Waals surface area contributed by atoms with Crippen LogP contribution < -0.4 is 10.9 Å². The Kier molecular flexibility index (Phi) is 6.54. The van der Waals surface area contributed by atoms with Crippen LogP contribution in [0.5, 0.6) is 0 Å². The van der Waals surface area contributed by atoms with Gasteiger partial charge in [0.05, 0.1) is 16.7 Å². The molecule has 0 bridgehead atoms. The SMILES string of the molecule is C=CCn1c(SCC(=O)Nc2ccccc2CC)nc2ccc(Cl)cc2c1=O. The number of aromatic nitrogens is 2. The Bertz CT molecular complexity index is 1090. The fourth-order valence-electron chi connectivity index (χ4n) is 2.84. The molecule has 0 spiro atoms. The van der Waals surface area contributed by atoms with Crippen molar-refractivity contribution >= 4 is 45.9 Å². The van der Waals surface area contributed by atoms with E-state index in [1.165, 1.54) is 16.3 Å². The summed E-state index contributed by atoms with van der Waals surface area (Å²) in [5, 5.41) is 4.32. The Balaban J connectivity index is 1.84. The van der Waals surface area contributed by atoms with Crippen LogP contribution in [0.25, 0.3) is 10.9 Å². The highest BCUT2D eigenvalue weighted by molar-refractivity contribution is 7.99. The van der Waals surface area contributed by atoms with Gasteiger partial charge in [-0.05, 0) is 36.2 Å². The Morgan fingerprint density at radius 3 is 2.86 bits per heavy atom. The molecule has 0 aliphatic carbocycles. The summed E-state index contributed by atoms with van der Waals surface area (Å²) in [4.78, 5) is 29.8. The summed E-state index contributed by atoms with van der Waals surface area (Å²) in [6.07, 6.45) is 2.46. The standard InChI is InChI=1S/C21H20ClN3O2S/c1-3-11-25-20(27)16-12-15(22)9-10-18(16)24-21(25)28-13-19(26)23-17-8-6-5-7-14(17)4-2/h3,5-10,12H,1,4,11,13H2,2H3,(H,23,26). The van der Waals surface area contributed by atoms with Gasteiger partial charge in [-0.15, -0.1) is 6.58 Å². The van der Waals surface area contributed by atoms with Crippen LogP contribution in [-0.2, 0) is 17.8 Å². The van der Waals surface area contributed by atoms with Crippen molar-refractivity contribution in [2.75, 3.05) is 11.1 Å². The van der Waals surface area contributed by atoms with Gasteiger partial charge >= 0.3 is 0 Å². The molecule has 0 unspecified atom stereocenters. The smallest absolute Gasteiger partial charge is 0.262 e. The number of fused-ring (bicyclic) bond motifs is 1. The Morgan fingerprint density at radius 1 is 1.32 bits per heavy atom. The average Bonchev–Trinajstić information content (AvgIpc) is 2.70. The minimum absolute atomic E-state index is 0.140. The number of halogens is 1. The monoisotopic (exact) mass is 413 g/mol. The number of amides is 1. The lowest BCUT2D eigenvalue weighted by Crippen LogP contribution is -2.24. The van der Waals surface area contributed by atoms with Gasteiger partial charge in [-0.3, -0.25) is 14.2 Å². The van der Waals surface area contributed by atoms with Crippen molar-refractivity contribution in [2.45, 2.75) is 25.0 Å². The number of hydrogen-bond acceptors (Lipinski definition) is 4. The normalized spacial score (nSPS) is 10.8. The molecule has 3 rings (SSSR count). The minimum Gasteiger partial charge on any atom is -0.325 e. The highest BCUT2D eigenvalue weighted by atomic mass is 35.5. The molecular formula is C21H20ClN3O2S. The number of nitrogens with zero attached hydrogens (tertiary/aromatic N) is 2. The van der Waals surface area contributed by atoms with Gasteiger partial charge in [-0.1, -0.05) is 54.6 Å². The largest absolute Gasteiger partial charge is 0.325 e. The molecule has 2 aromatic carbocycles. The quantitative estimate of drug-likeness (QED) is 0.351. The second-order valence-electron chi connectivity index (χ2n) is 6.11. The molecule has 1 aromatic heterocycles. The van der Waals surface area contributed by atoms with Gasteiger partial charge in [0.1, 0.15) is 0 Å². The van der Waals surface area contributed by atoms with Crippen molar-refractivity contribution < 1.29 is 4.79 Å². The molecule has 0 aliphatic heterocycles. The summed E-state index contributed by atoms with van der Waals surface area (Å²) >= 11 is 7.23. The highest BCUT2D eigenvalue weighted by Crippen LogP contribution is 2.21. The number of carbonyl (C=O) groups is 1. The lowest BCUT2D eigenvalue weighted by molar-refractivity contribution is -0.113. The number of hydrogen-bond donors (Lipinski definition) is 1. The molecule has 0 fully saturated rings. The Labute approximate surface area is 172 Å². The van der Waals surface area contributed by atoms with Crippen molar-refractivity contribution in [2.24, 2.45) is 0 Å². The number of thioether (sulfide) groups is 1. The molecule has 7 heteroatoms. The van der Waals surface area contributed by atoms with Crippen molar-refractivity contribution in [3.05, 3.63) is 76.1 Å².